The van der Waals surface area contributed by atoms with Crippen molar-refractivity contribution >= 4 is 35.0 Å². The molecule has 4 nitrogen and oxygen atoms in total. The van der Waals surface area contributed by atoms with Crippen molar-refractivity contribution in [3.8, 4) is 0 Å². The van der Waals surface area contributed by atoms with Crippen LogP contribution in [0.3, 0.4) is 0 Å². The fraction of sp³-hybridized carbons (Fsp3) is 0.176. The van der Waals surface area contributed by atoms with Gasteiger partial charge in [-0.25, -0.2) is 4.79 Å². The molecule has 2 aromatic rings. The number of anilines is 1. The van der Waals surface area contributed by atoms with Gasteiger partial charge in [-0.05, 0) is 53.6 Å². The summed E-state index contributed by atoms with van der Waals surface area (Å²) >= 11 is 1.47. The molecule has 1 amide bonds. The zero-order valence-corrected chi connectivity index (χ0v) is 13.9. The van der Waals surface area contributed by atoms with Crippen molar-refractivity contribution in [2.45, 2.75) is 19.2 Å². The van der Waals surface area contributed by atoms with E-state index in [4.69, 9.17) is 4.74 Å². The Morgan fingerprint density at radius 2 is 2.04 bits per heavy atom. The molecule has 1 aromatic heterocycles. The van der Waals surface area contributed by atoms with Gasteiger partial charge in [0.15, 0.2) is 6.10 Å². The molecule has 0 fully saturated rings. The number of carbonyl (C=O) groups excluding carboxylic acids is 2. The smallest absolute Gasteiger partial charge is 0.416 e. The van der Waals surface area contributed by atoms with Gasteiger partial charge in [0, 0.05) is 11.8 Å². The minimum absolute atomic E-state index is 0.0310. The molecule has 1 N–H and O–H groups in total. The number of thiophene rings is 1. The highest BCUT2D eigenvalue weighted by Crippen LogP contribution is 2.30. The second kappa shape index (κ2) is 7.98. The Hall–Kier alpha value is -2.61. The maximum atomic E-state index is 12.6. The summed E-state index contributed by atoms with van der Waals surface area (Å²) in [4.78, 5) is 23.6. The van der Waals surface area contributed by atoms with Crippen molar-refractivity contribution in [3.05, 3.63) is 58.3 Å². The highest BCUT2D eigenvalue weighted by atomic mass is 32.1. The fourth-order valence-corrected chi connectivity index (χ4v) is 2.45. The van der Waals surface area contributed by atoms with Crippen molar-refractivity contribution in [2.75, 3.05) is 5.32 Å². The van der Waals surface area contributed by atoms with Crippen molar-refractivity contribution in [1.82, 2.24) is 0 Å². The van der Waals surface area contributed by atoms with Gasteiger partial charge < -0.3 is 10.1 Å². The highest BCUT2D eigenvalue weighted by molar-refractivity contribution is 7.08. The first kappa shape index (κ1) is 18.7. The molecule has 2 rings (SSSR count). The molecule has 1 heterocycles. The first-order valence-corrected chi connectivity index (χ1v) is 8.09. The fourth-order valence-electron chi connectivity index (χ4n) is 1.82. The molecule has 0 saturated carbocycles. The molecule has 0 spiro atoms. The average Bonchev–Trinajstić information content (AvgIpc) is 3.05. The van der Waals surface area contributed by atoms with E-state index in [1.54, 1.807) is 6.07 Å². The molecule has 0 saturated heterocycles. The molecule has 0 unspecified atom stereocenters. The standard InChI is InChI=1S/C17H14F3NO3S/c1-11(24-15(22)6-5-12-7-8-25-10-12)16(23)21-14-4-2-3-13(9-14)17(18,19)20/h2-11H,1H3,(H,21,23)/b6-5+/t11-/m0/s1. The Kier molecular flexibility index (Phi) is 5.97. The van der Waals surface area contributed by atoms with Crippen LogP contribution in [-0.2, 0) is 20.5 Å². The van der Waals surface area contributed by atoms with Crippen LogP contribution in [0, 0.1) is 0 Å². The Morgan fingerprint density at radius 1 is 1.28 bits per heavy atom. The summed E-state index contributed by atoms with van der Waals surface area (Å²) in [6.07, 6.45) is -2.95. The van der Waals surface area contributed by atoms with Crippen LogP contribution >= 0.6 is 11.3 Å². The minimum Gasteiger partial charge on any atom is -0.449 e. The van der Waals surface area contributed by atoms with E-state index in [2.05, 4.69) is 5.32 Å². The minimum atomic E-state index is -4.51. The van der Waals surface area contributed by atoms with Crippen molar-refractivity contribution in [2.24, 2.45) is 0 Å². The van der Waals surface area contributed by atoms with Gasteiger partial charge in [-0.1, -0.05) is 6.07 Å². The zero-order valence-electron chi connectivity index (χ0n) is 13.0. The van der Waals surface area contributed by atoms with E-state index in [0.717, 1.165) is 17.7 Å². The normalized spacial score (nSPS) is 12.8. The quantitative estimate of drug-likeness (QED) is 0.630. The first-order valence-electron chi connectivity index (χ1n) is 7.15. The van der Waals surface area contributed by atoms with Crippen molar-refractivity contribution in [3.63, 3.8) is 0 Å². The third kappa shape index (κ3) is 5.75. The van der Waals surface area contributed by atoms with Gasteiger partial charge in [-0.2, -0.15) is 24.5 Å². The molecule has 8 heteroatoms. The van der Waals surface area contributed by atoms with Crippen molar-refractivity contribution < 1.29 is 27.5 Å². The number of carbonyl (C=O) groups is 2. The molecule has 0 aliphatic rings. The van der Waals surface area contributed by atoms with Crippen LogP contribution in [0.15, 0.2) is 47.2 Å². The van der Waals surface area contributed by atoms with Gasteiger partial charge >= 0.3 is 12.1 Å². The number of benzene rings is 1. The van der Waals surface area contributed by atoms with Crippen LogP contribution in [0.1, 0.15) is 18.1 Å². The molecule has 25 heavy (non-hydrogen) atoms. The predicted octanol–water partition coefficient (Wildman–Crippen LogP) is 4.35. The lowest BCUT2D eigenvalue weighted by molar-refractivity contribution is -0.148. The lowest BCUT2D eigenvalue weighted by Crippen LogP contribution is -2.29. The number of alkyl halides is 3. The number of halogens is 3. The molecule has 132 valence electrons. The topological polar surface area (TPSA) is 55.4 Å². The van der Waals surface area contributed by atoms with Gasteiger partial charge in [-0.15, -0.1) is 0 Å². The van der Waals surface area contributed by atoms with E-state index in [1.807, 2.05) is 10.8 Å². The van der Waals surface area contributed by atoms with Crippen molar-refractivity contribution in [1.29, 1.82) is 0 Å². The number of esters is 1. The number of rotatable bonds is 5. The second-order valence-electron chi connectivity index (χ2n) is 5.04. The van der Waals surface area contributed by atoms with E-state index >= 15 is 0 Å². The molecule has 1 atom stereocenters. The Morgan fingerprint density at radius 3 is 2.68 bits per heavy atom. The number of nitrogens with one attached hydrogen (secondary N) is 1. The van der Waals surface area contributed by atoms with Crippen LogP contribution in [0.25, 0.3) is 6.08 Å². The molecule has 0 radical (unpaired) electrons. The van der Waals surface area contributed by atoms with Gasteiger partial charge in [0.25, 0.3) is 5.91 Å². The molecular weight excluding hydrogens is 355 g/mol. The molecular formula is C17H14F3NO3S. The maximum absolute atomic E-state index is 12.6. The zero-order chi connectivity index (χ0) is 18.4. The lowest BCUT2D eigenvalue weighted by atomic mass is 10.2. The monoisotopic (exact) mass is 369 g/mol. The molecule has 0 aliphatic heterocycles. The summed E-state index contributed by atoms with van der Waals surface area (Å²) in [6, 6.07) is 6.01. The summed E-state index contributed by atoms with van der Waals surface area (Å²) < 4.78 is 42.9. The van der Waals surface area contributed by atoms with Crippen LogP contribution in [0.4, 0.5) is 18.9 Å². The first-order chi connectivity index (χ1) is 11.8. The number of hydrogen-bond acceptors (Lipinski definition) is 4. The van der Waals surface area contributed by atoms with Crippen LogP contribution in [0.2, 0.25) is 0 Å². The largest absolute Gasteiger partial charge is 0.449 e. The summed E-state index contributed by atoms with van der Waals surface area (Å²) in [5.41, 5.74) is -0.0896. The summed E-state index contributed by atoms with van der Waals surface area (Å²) in [6.45, 7) is 1.33. The molecule has 1 aromatic carbocycles. The van der Waals surface area contributed by atoms with E-state index < -0.39 is 29.7 Å². The SMILES string of the molecule is C[C@H](OC(=O)/C=C/c1ccsc1)C(=O)Nc1cccc(C(F)(F)F)c1. The van der Waals surface area contributed by atoms with Gasteiger partial charge in [0.1, 0.15) is 0 Å². The Balaban J connectivity index is 1.93. The third-order valence-corrected chi connectivity index (χ3v) is 3.78. The van der Waals surface area contributed by atoms with E-state index in [0.29, 0.717) is 0 Å². The van der Waals surface area contributed by atoms with Gasteiger partial charge in [-0.3, -0.25) is 4.79 Å². The molecule has 0 aliphatic carbocycles. The number of ether oxygens (including phenoxy) is 1. The predicted molar refractivity (Wildman–Crippen MR) is 89.0 cm³/mol. The van der Waals surface area contributed by atoms with Crippen LogP contribution in [-0.4, -0.2) is 18.0 Å². The van der Waals surface area contributed by atoms with Crippen LogP contribution in [0.5, 0.6) is 0 Å². The van der Waals surface area contributed by atoms with Crippen LogP contribution < -0.4 is 5.32 Å². The van der Waals surface area contributed by atoms with E-state index in [-0.39, 0.29) is 5.69 Å². The lowest BCUT2D eigenvalue weighted by Gasteiger charge is -2.13. The van der Waals surface area contributed by atoms with Gasteiger partial charge in [0.05, 0.1) is 5.56 Å². The summed E-state index contributed by atoms with van der Waals surface area (Å²) in [5.74, 6) is -1.45. The summed E-state index contributed by atoms with van der Waals surface area (Å²) in [5, 5.41) is 5.96. The van der Waals surface area contributed by atoms with Gasteiger partial charge in [0.2, 0.25) is 0 Å². The number of amides is 1. The average molecular weight is 369 g/mol. The second-order valence-corrected chi connectivity index (χ2v) is 5.82. The number of hydrogen-bond donors (Lipinski definition) is 1. The highest BCUT2D eigenvalue weighted by Gasteiger charge is 2.30. The Bertz CT molecular complexity index is 770. The Labute approximate surface area is 145 Å². The third-order valence-electron chi connectivity index (χ3n) is 3.07. The summed E-state index contributed by atoms with van der Waals surface area (Å²) in [7, 11) is 0. The maximum Gasteiger partial charge on any atom is 0.416 e. The molecule has 0 bridgehead atoms. The van der Waals surface area contributed by atoms with E-state index in [9.17, 15) is 22.8 Å². The van der Waals surface area contributed by atoms with E-state index in [1.165, 1.54) is 42.5 Å².